The van der Waals surface area contributed by atoms with Gasteiger partial charge < -0.3 is 28.4 Å². The molecule has 3 fully saturated rings. The minimum absolute atomic E-state index is 0.0712. The van der Waals surface area contributed by atoms with Crippen LogP contribution in [-0.4, -0.2) is 76.3 Å². The Bertz CT molecular complexity index is 373. The SMILES string of the molecule is CCC(OCC1CO1)C(CC)(C(CC)OCC1CO1)C(CC)OCC1CO1. The zero-order valence-electron chi connectivity index (χ0n) is 17.5. The summed E-state index contributed by atoms with van der Waals surface area (Å²) in [5.41, 5.74) is -0.197. The second kappa shape index (κ2) is 9.99. The predicted octanol–water partition coefficient (Wildman–Crippen LogP) is 2.96. The highest BCUT2D eigenvalue weighted by atomic mass is 16.6. The molecule has 0 amide bonds. The summed E-state index contributed by atoms with van der Waals surface area (Å²) in [6.45, 7) is 13.3. The van der Waals surface area contributed by atoms with E-state index in [1.165, 1.54) is 0 Å². The first-order chi connectivity index (χ1) is 13.2. The fourth-order valence-corrected chi connectivity index (χ4v) is 4.43. The van der Waals surface area contributed by atoms with Gasteiger partial charge in [-0.05, 0) is 25.7 Å². The summed E-state index contributed by atoms with van der Waals surface area (Å²) < 4.78 is 35.4. The summed E-state index contributed by atoms with van der Waals surface area (Å²) in [4.78, 5) is 0. The zero-order chi connectivity index (χ0) is 19.3. The first kappa shape index (κ1) is 21.5. The van der Waals surface area contributed by atoms with Crippen molar-refractivity contribution in [3.63, 3.8) is 0 Å². The Balaban J connectivity index is 1.78. The molecule has 0 aromatic heterocycles. The Kier molecular flexibility index (Phi) is 7.94. The van der Waals surface area contributed by atoms with E-state index >= 15 is 0 Å². The second-order valence-corrected chi connectivity index (χ2v) is 8.02. The first-order valence-corrected chi connectivity index (χ1v) is 10.9. The molecule has 0 spiro atoms. The van der Waals surface area contributed by atoms with Crippen LogP contribution in [0.2, 0.25) is 0 Å². The van der Waals surface area contributed by atoms with E-state index in [0.717, 1.165) is 45.5 Å². The number of hydrogen-bond acceptors (Lipinski definition) is 6. The molecule has 3 aliphatic heterocycles. The molecule has 3 heterocycles. The van der Waals surface area contributed by atoms with E-state index in [1.807, 2.05) is 0 Å². The van der Waals surface area contributed by atoms with Crippen LogP contribution in [0.15, 0.2) is 0 Å². The molecule has 158 valence electrons. The van der Waals surface area contributed by atoms with Crippen LogP contribution in [0.3, 0.4) is 0 Å². The second-order valence-electron chi connectivity index (χ2n) is 8.02. The monoisotopic (exact) mass is 386 g/mol. The van der Waals surface area contributed by atoms with Gasteiger partial charge >= 0.3 is 0 Å². The molecule has 6 nitrogen and oxygen atoms in total. The average Bonchev–Trinajstić information content (AvgIpc) is 3.54. The van der Waals surface area contributed by atoms with E-state index in [0.29, 0.717) is 19.8 Å². The summed E-state index contributed by atoms with van der Waals surface area (Å²) in [7, 11) is 0. The maximum Gasteiger partial charge on any atom is 0.104 e. The van der Waals surface area contributed by atoms with Crippen LogP contribution in [0.25, 0.3) is 0 Å². The Morgan fingerprint density at radius 2 is 0.963 bits per heavy atom. The third-order valence-corrected chi connectivity index (χ3v) is 6.18. The van der Waals surface area contributed by atoms with Gasteiger partial charge in [-0.1, -0.05) is 27.7 Å². The zero-order valence-corrected chi connectivity index (χ0v) is 17.5. The van der Waals surface area contributed by atoms with E-state index in [4.69, 9.17) is 28.4 Å². The van der Waals surface area contributed by atoms with Crippen LogP contribution >= 0.6 is 0 Å². The van der Waals surface area contributed by atoms with E-state index in [-0.39, 0.29) is 42.0 Å². The van der Waals surface area contributed by atoms with Crippen LogP contribution in [0.4, 0.5) is 0 Å². The molecule has 6 heteroatoms. The van der Waals surface area contributed by atoms with Gasteiger partial charge in [-0.2, -0.15) is 0 Å². The van der Waals surface area contributed by atoms with Crippen molar-refractivity contribution < 1.29 is 28.4 Å². The van der Waals surface area contributed by atoms with E-state index in [9.17, 15) is 0 Å². The number of ether oxygens (including phenoxy) is 6. The summed E-state index contributed by atoms with van der Waals surface area (Å²) in [5, 5.41) is 0. The Labute approximate surface area is 164 Å². The van der Waals surface area contributed by atoms with Gasteiger partial charge in [0.2, 0.25) is 0 Å². The van der Waals surface area contributed by atoms with Gasteiger partial charge in [-0.3, -0.25) is 0 Å². The van der Waals surface area contributed by atoms with E-state index < -0.39 is 0 Å². The number of hydrogen-bond donors (Lipinski definition) is 0. The molecule has 0 bridgehead atoms. The molecular formula is C21H38O6. The van der Waals surface area contributed by atoms with Crippen molar-refractivity contribution in [2.45, 2.75) is 90.0 Å². The van der Waals surface area contributed by atoms with Crippen LogP contribution in [-0.2, 0) is 28.4 Å². The topological polar surface area (TPSA) is 65.3 Å². The van der Waals surface area contributed by atoms with Crippen molar-refractivity contribution >= 4 is 0 Å². The lowest BCUT2D eigenvalue weighted by atomic mass is 9.67. The van der Waals surface area contributed by atoms with Crippen molar-refractivity contribution in [2.24, 2.45) is 5.41 Å². The van der Waals surface area contributed by atoms with Gasteiger partial charge in [0.05, 0.1) is 58.0 Å². The van der Waals surface area contributed by atoms with Crippen molar-refractivity contribution in [1.29, 1.82) is 0 Å². The quantitative estimate of drug-likeness (QED) is 0.380. The van der Waals surface area contributed by atoms with Crippen LogP contribution in [0.5, 0.6) is 0 Å². The maximum atomic E-state index is 6.43. The molecule has 0 radical (unpaired) electrons. The molecule has 0 saturated carbocycles. The highest BCUT2D eigenvalue weighted by Gasteiger charge is 2.51. The van der Waals surface area contributed by atoms with Gasteiger partial charge in [-0.25, -0.2) is 0 Å². The predicted molar refractivity (Wildman–Crippen MR) is 102 cm³/mol. The molecule has 3 aliphatic rings. The van der Waals surface area contributed by atoms with Crippen molar-refractivity contribution in [3.05, 3.63) is 0 Å². The Morgan fingerprint density at radius 1 is 0.667 bits per heavy atom. The molecule has 0 aliphatic carbocycles. The maximum absolute atomic E-state index is 6.43. The van der Waals surface area contributed by atoms with Gasteiger partial charge in [0.1, 0.15) is 18.3 Å². The fourth-order valence-electron chi connectivity index (χ4n) is 4.43. The molecule has 3 saturated heterocycles. The summed E-state index contributed by atoms with van der Waals surface area (Å²) in [5.74, 6) is 0. The van der Waals surface area contributed by atoms with Crippen molar-refractivity contribution in [3.8, 4) is 0 Å². The lowest BCUT2D eigenvalue weighted by Crippen LogP contribution is -2.56. The molecule has 0 aromatic rings. The molecule has 27 heavy (non-hydrogen) atoms. The Hall–Kier alpha value is -0.240. The van der Waals surface area contributed by atoms with Gasteiger partial charge in [0, 0.05) is 5.41 Å². The first-order valence-electron chi connectivity index (χ1n) is 10.9. The third-order valence-electron chi connectivity index (χ3n) is 6.18. The minimum atomic E-state index is -0.197. The summed E-state index contributed by atoms with van der Waals surface area (Å²) >= 11 is 0. The highest BCUT2D eigenvalue weighted by molar-refractivity contribution is 4.99. The third kappa shape index (κ3) is 5.64. The minimum Gasteiger partial charge on any atom is -0.375 e. The lowest BCUT2D eigenvalue weighted by molar-refractivity contribution is -0.196. The van der Waals surface area contributed by atoms with Gasteiger partial charge in [-0.15, -0.1) is 0 Å². The molecule has 6 atom stereocenters. The molecular weight excluding hydrogens is 348 g/mol. The van der Waals surface area contributed by atoms with Crippen molar-refractivity contribution in [1.82, 2.24) is 0 Å². The summed E-state index contributed by atoms with van der Waals surface area (Å²) in [6, 6.07) is 0. The number of rotatable bonds is 16. The van der Waals surface area contributed by atoms with Crippen molar-refractivity contribution in [2.75, 3.05) is 39.6 Å². The summed E-state index contributed by atoms with van der Waals surface area (Å²) in [6.07, 6.45) is 4.73. The number of epoxide rings is 3. The largest absolute Gasteiger partial charge is 0.375 e. The molecule has 3 rings (SSSR count). The van der Waals surface area contributed by atoms with E-state index in [1.54, 1.807) is 0 Å². The highest BCUT2D eigenvalue weighted by Crippen LogP contribution is 2.44. The normalized spacial score (nSPS) is 31.8. The fraction of sp³-hybridized carbons (Fsp3) is 1.00. The smallest absolute Gasteiger partial charge is 0.104 e. The molecule has 0 N–H and O–H groups in total. The lowest BCUT2D eigenvalue weighted by Gasteiger charge is -2.49. The van der Waals surface area contributed by atoms with Crippen LogP contribution in [0, 0.1) is 5.41 Å². The van der Waals surface area contributed by atoms with Gasteiger partial charge in [0.15, 0.2) is 0 Å². The van der Waals surface area contributed by atoms with Gasteiger partial charge in [0.25, 0.3) is 0 Å². The Morgan fingerprint density at radius 3 is 1.15 bits per heavy atom. The standard InChI is InChI=1S/C21H38O6/c1-5-18(25-12-15-9-22-15)21(8-4,19(6-2)26-13-16-10-23-16)20(7-3)27-14-17-11-24-17/h15-20H,5-14H2,1-4H3. The van der Waals surface area contributed by atoms with Crippen LogP contribution < -0.4 is 0 Å². The molecule has 6 unspecified atom stereocenters. The van der Waals surface area contributed by atoms with E-state index in [2.05, 4.69) is 27.7 Å². The molecule has 0 aromatic carbocycles. The average molecular weight is 387 g/mol. The van der Waals surface area contributed by atoms with Crippen LogP contribution in [0.1, 0.15) is 53.4 Å².